The molecule has 178 valence electrons. The van der Waals surface area contributed by atoms with Gasteiger partial charge in [0.25, 0.3) is 5.91 Å². The highest BCUT2D eigenvalue weighted by atomic mass is 32.2. The first kappa shape index (κ1) is 23.5. The van der Waals surface area contributed by atoms with Crippen molar-refractivity contribution in [1.29, 1.82) is 0 Å². The van der Waals surface area contributed by atoms with Crippen molar-refractivity contribution in [2.75, 3.05) is 18.6 Å². The highest BCUT2D eigenvalue weighted by Gasteiger charge is 2.32. The van der Waals surface area contributed by atoms with Crippen LogP contribution in [0.1, 0.15) is 49.8 Å². The maximum absolute atomic E-state index is 12.6. The number of nitrogens with one attached hydrogen (secondary N) is 1. The second-order valence-corrected chi connectivity index (χ2v) is 10.1. The second kappa shape index (κ2) is 9.29. The van der Waals surface area contributed by atoms with Crippen molar-refractivity contribution in [2.24, 2.45) is 0 Å². The Labute approximate surface area is 196 Å². The number of ether oxygens (including phenoxy) is 2. The summed E-state index contributed by atoms with van der Waals surface area (Å²) in [4.78, 5) is 36.6. The minimum absolute atomic E-state index is 0.324. The van der Waals surface area contributed by atoms with E-state index >= 15 is 0 Å². The van der Waals surface area contributed by atoms with Gasteiger partial charge < -0.3 is 24.3 Å². The van der Waals surface area contributed by atoms with E-state index in [0.717, 1.165) is 30.4 Å². The fourth-order valence-corrected chi connectivity index (χ4v) is 5.01. The van der Waals surface area contributed by atoms with Crippen LogP contribution in [-0.2, 0) is 28.9 Å². The monoisotopic (exact) mass is 475 g/mol. The quantitative estimate of drug-likeness (QED) is 0.560. The number of fused-ring (bicyclic) bond motifs is 5. The maximum atomic E-state index is 12.6. The summed E-state index contributed by atoms with van der Waals surface area (Å²) < 4.78 is 17.8. The molecule has 1 aliphatic carbocycles. The summed E-state index contributed by atoms with van der Waals surface area (Å²) in [6.07, 6.45) is 5.94. The van der Waals surface area contributed by atoms with Gasteiger partial charge in [0, 0.05) is 17.2 Å². The Kier molecular flexibility index (Phi) is 6.61. The highest BCUT2D eigenvalue weighted by Crippen LogP contribution is 2.44. The number of benzene rings is 1. The fraction of sp³-hybridized carbons (Fsp3) is 0.542. The number of aryl methyl sites for hydroxylation is 2. The van der Waals surface area contributed by atoms with Crippen molar-refractivity contribution in [3.63, 3.8) is 0 Å². The van der Waals surface area contributed by atoms with Crippen LogP contribution in [0.25, 0.3) is 11.0 Å². The average molecular weight is 476 g/mol. The van der Waals surface area contributed by atoms with Crippen molar-refractivity contribution >= 4 is 34.6 Å². The number of carbonyl (C=O) groups is 2. The Morgan fingerprint density at radius 3 is 2.73 bits per heavy atom. The first-order valence-corrected chi connectivity index (χ1v) is 12.6. The Morgan fingerprint density at radius 2 is 2.00 bits per heavy atom. The van der Waals surface area contributed by atoms with Gasteiger partial charge in [-0.15, -0.1) is 0 Å². The van der Waals surface area contributed by atoms with E-state index in [1.165, 1.54) is 11.8 Å². The van der Waals surface area contributed by atoms with Crippen molar-refractivity contribution in [2.45, 2.75) is 64.0 Å². The number of aliphatic carboxylic acids is 1. The third-order valence-corrected chi connectivity index (χ3v) is 6.88. The highest BCUT2D eigenvalue weighted by molar-refractivity contribution is 7.98. The first-order valence-electron chi connectivity index (χ1n) is 11.2. The van der Waals surface area contributed by atoms with E-state index in [0.29, 0.717) is 53.0 Å². The minimum Gasteiger partial charge on any atom is -0.487 e. The molecule has 8 nitrogen and oxygen atoms in total. The number of rotatable bonds is 8. The molecule has 9 heteroatoms. The molecule has 2 aromatic rings. The lowest BCUT2D eigenvalue weighted by molar-refractivity contribution is -0.142. The predicted molar refractivity (Wildman–Crippen MR) is 126 cm³/mol. The molecule has 0 saturated carbocycles. The Balaban J connectivity index is 1.67. The van der Waals surface area contributed by atoms with Gasteiger partial charge in [-0.25, -0.2) is 9.59 Å². The molecule has 1 atom stereocenters. The zero-order valence-corrected chi connectivity index (χ0v) is 19.9. The van der Waals surface area contributed by atoms with Crippen LogP contribution in [0.15, 0.2) is 15.3 Å². The summed E-state index contributed by atoms with van der Waals surface area (Å²) in [5.74, 6) is 0.0101. The molecule has 0 spiro atoms. The average Bonchev–Trinajstić information content (AvgIpc) is 3.24. The molecule has 0 radical (unpaired) electrons. The van der Waals surface area contributed by atoms with Crippen molar-refractivity contribution in [1.82, 2.24) is 5.32 Å². The number of amides is 1. The van der Waals surface area contributed by atoms with Gasteiger partial charge in [0.2, 0.25) is 0 Å². The Hall–Kier alpha value is -2.68. The van der Waals surface area contributed by atoms with E-state index in [1.54, 1.807) is 6.07 Å². The molecule has 0 unspecified atom stereocenters. The van der Waals surface area contributed by atoms with Crippen LogP contribution in [0.2, 0.25) is 0 Å². The zero-order chi connectivity index (χ0) is 23.8. The van der Waals surface area contributed by atoms with Crippen LogP contribution in [0, 0.1) is 0 Å². The topological polar surface area (TPSA) is 115 Å². The molecule has 1 amide bonds. The second-order valence-electron chi connectivity index (χ2n) is 9.15. The zero-order valence-electron chi connectivity index (χ0n) is 19.1. The molecule has 1 aliphatic heterocycles. The normalized spacial score (nSPS) is 17.1. The summed E-state index contributed by atoms with van der Waals surface area (Å²) >= 11 is 1.52. The number of thioether (sulfide) groups is 1. The summed E-state index contributed by atoms with van der Waals surface area (Å²) in [5.41, 5.74) is 2.18. The van der Waals surface area contributed by atoms with Gasteiger partial charge in [-0.05, 0) is 69.9 Å². The summed E-state index contributed by atoms with van der Waals surface area (Å²) in [5, 5.41) is 12.6. The molecule has 0 saturated heterocycles. The van der Waals surface area contributed by atoms with Gasteiger partial charge in [-0.2, -0.15) is 11.8 Å². The number of hydrogen-bond acceptors (Lipinski definition) is 7. The molecule has 2 heterocycles. The summed E-state index contributed by atoms with van der Waals surface area (Å²) in [6, 6.07) is 0.799. The summed E-state index contributed by atoms with van der Waals surface area (Å²) in [6.45, 7) is 3.63. The molecule has 2 aliphatic rings. The number of hydrogen-bond donors (Lipinski definition) is 2. The van der Waals surface area contributed by atoms with E-state index < -0.39 is 17.9 Å². The predicted octanol–water partition coefficient (Wildman–Crippen LogP) is 3.09. The lowest BCUT2D eigenvalue weighted by Crippen LogP contribution is -2.43. The van der Waals surface area contributed by atoms with E-state index in [9.17, 15) is 19.5 Å². The first-order chi connectivity index (χ1) is 15.7. The largest absolute Gasteiger partial charge is 0.487 e. The van der Waals surface area contributed by atoms with Gasteiger partial charge >= 0.3 is 11.6 Å². The van der Waals surface area contributed by atoms with Crippen molar-refractivity contribution in [3.05, 3.63) is 33.2 Å². The number of carbonyl (C=O) groups excluding carboxylic acids is 1. The lowest BCUT2D eigenvalue weighted by Gasteiger charge is -2.33. The molecule has 1 aromatic carbocycles. The molecule has 1 aromatic heterocycles. The van der Waals surface area contributed by atoms with Gasteiger partial charge in [0.15, 0.2) is 6.61 Å². The van der Waals surface area contributed by atoms with E-state index in [2.05, 4.69) is 5.32 Å². The number of carboxylic acids is 1. The van der Waals surface area contributed by atoms with Gasteiger partial charge in [-0.1, -0.05) is 0 Å². The standard InChI is InChI=1S/C24H29NO7S/c1-24(2)9-7-15-17(32-24)11-18(20-13-5-4-6-14(13)23(29)31-21(15)20)30-12-19(26)25-16(22(27)28)8-10-33-3/h11,16H,4-10,12H2,1-3H3,(H,25,26)(H,27,28)/t16-/m1/s1. The van der Waals surface area contributed by atoms with Crippen molar-refractivity contribution < 1.29 is 28.6 Å². The Morgan fingerprint density at radius 1 is 1.24 bits per heavy atom. The van der Waals surface area contributed by atoms with E-state index in [4.69, 9.17) is 13.9 Å². The van der Waals surface area contributed by atoms with E-state index in [1.807, 2.05) is 20.1 Å². The van der Waals surface area contributed by atoms with E-state index in [-0.39, 0.29) is 17.8 Å². The SMILES string of the molecule is CSCC[C@@H](NC(=O)COc1cc2c(c3oc(=O)c4c(c13)CCC4)CCC(C)(C)O2)C(=O)O. The van der Waals surface area contributed by atoms with Crippen LogP contribution < -0.4 is 20.4 Å². The molecular formula is C24H29NO7S. The van der Waals surface area contributed by atoms with Gasteiger partial charge in [-0.3, -0.25) is 4.79 Å². The van der Waals surface area contributed by atoms with Crippen LogP contribution in [-0.4, -0.2) is 47.2 Å². The number of carboxylic acid groups (broad SMARTS) is 1. The third-order valence-electron chi connectivity index (χ3n) is 6.23. The summed E-state index contributed by atoms with van der Waals surface area (Å²) in [7, 11) is 0. The minimum atomic E-state index is -1.08. The molecule has 0 fully saturated rings. The van der Waals surface area contributed by atoms with Crippen LogP contribution >= 0.6 is 11.8 Å². The van der Waals surface area contributed by atoms with Gasteiger partial charge in [0.1, 0.15) is 28.7 Å². The molecule has 0 bridgehead atoms. The fourth-order valence-electron chi connectivity index (χ4n) is 4.54. The molecule has 2 N–H and O–H groups in total. The van der Waals surface area contributed by atoms with Crippen LogP contribution in [0.4, 0.5) is 0 Å². The lowest BCUT2D eigenvalue weighted by atomic mass is 9.91. The molecule has 33 heavy (non-hydrogen) atoms. The molecule has 4 rings (SSSR count). The van der Waals surface area contributed by atoms with Crippen molar-refractivity contribution in [3.8, 4) is 11.5 Å². The molecular weight excluding hydrogens is 446 g/mol. The van der Waals surface area contributed by atoms with Crippen LogP contribution in [0.5, 0.6) is 11.5 Å². The third kappa shape index (κ3) is 4.83. The van der Waals surface area contributed by atoms with Gasteiger partial charge in [0.05, 0.1) is 5.39 Å². The maximum Gasteiger partial charge on any atom is 0.339 e. The van der Waals surface area contributed by atoms with Crippen LogP contribution in [0.3, 0.4) is 0 Å². The smallest absolute Gasteiger partial charge is 0.339 e. The Bertz CT molecular complexity index is 1150.